The zero-order valence-electron chi connectivity index (χ0n) is 10.6. The fraction of sp³-hybridized carbons (Fsp3) is 1.00. The van der Waals surface area contributed by atoms with Crippen LogP contribution in [0.3, 0.4) is 0 Å². The molecule has 0 aromatic heterocycles. The Morgan fingerprint density at radius 3 is 2.47 bits per heavy atom. The third kappa shape index (κ3) is 3.74. The number of nitrogens with one attached hydrogen (secondary N) is 1. The molecule has 1 rings (SSSR count). The summed E-state index contributed by atoms with van der Waals surface area (Å²) in [6.45, 7) is 7.60. The van der Waals surface area contributed by atoms with Crippen LogP contribution in [0.15, 0.2) is 0 Å². The predicted octanol–water partition coefficient (Wildman–Crippen LogP) is 1.34. The van der Waals surface area contributed by atoms with Crippen molar-refractivity contribution in [3.8, 4) is 0 Å². The van der Waals surface area contributed by atoms with E-state index in [0.717, 1.165) is 19.8 Å². The maximum atomic E-state index is 5.40. The molecule has 0 bridgehead atoms. The highest BCUT2D eigenvalue weighted by Crippen LogP contribution is 2.18. The molecular weight excluding hydrogens is 188 g/mol. The second-order valence-electron chi connectivity index (χ2n) is 4.78. The Morgan fingerprint density at radius 2 is 1.93 bits per heavy atom. The summed E-state index contributed by atoms with van der Waals surface area (Å²) in [5.41, 5.74) is 0. The standard InChI is InChI=1S/C12H26N2O/c1-10(9-13-3)11(2)14(4)12-5-7-15-8-6-12/h10-13H,5-9H2,1-4H3. The Kier molecular flexibility index (Phi) is 5.58. The van der Waals surface area contributed by atoms with Crippen LogP contribution in [0.5, 0.6) is 0 Å². The number of hydrogen-bond acceptors (Lipinski definition) is 3. The van der Waals surface area contributed by atoms with Gasteiger partial charge in [-0.25, -0.2) is 0 Å². The van der Waals surface area contributed by atoms with Crippen molar-refractivity contribution in [3.63, 3.8) is 0 Å². The van der Waals surface area contributed by atoms with Crippen LogP contribution in [-0.2, 0) is 4.74 Å². The topological polar surface area (TPSA) is 24.5 Å². The molecule has 1 fully saturated rings. The molecule has 90 valence electrons. The van der Waals surface area contributed by atoms with E-state index in [1.54, 1.807) is 0 Å². The van der Waals surface area contributed by atoms with Crippen molar-refractivity contribution >= 4 is 0 Å². The summed E-state index contributed by atoms with van der Waals surface area (Å²) in [7, 11) is 4.28. The lowest BCUT2D eigenvalue weighted by Gasteiger charge is -2.38. The van der Waals surface area contributed by atoms with Gasteiger partial charge in [-0.2, -0.15) is 0 Å². The molecule has 0 aromatic rings. The summed E-state index contributed by atoms with van der Waals surface area (Å²) in [5.74, 6) is 0.697. The van der Waals surface area contributed by atoms with Crippen LogP contribution in [0.25, 0.3) is 0 Å². The zero-order chi connectivity index (χ0) is 11.3. The summed E-state index contributed by atoms with van der Waals surface area (Å²) in [6, 6.07) is 1.36. The van der Waals surface area contributed by atoms with E-state index >= 15 is 0 Å². The third-order valence-electron chi connectivity index (χ3n) is 3.76. The number of nitrogens with zero attached hydrogens (tertiary/aromatic N) is 1. The van der Waals surface area contributed by atoms with Gasteiger partial charge in [0, 0.05) is 25.3 Å². The largest absolute Gasteiger partial charge is 0.381 e. The van der Waals surface area contributed by atoms with Crippen LogP contribution in [0, 0.1) is 5.92 Å². The highest BCUT2D eigenvalue weighted by Gasteiger charge is 2.24. The average molecular weight is 214 g/mol. The van der Waals surface area contributed by atoms with E-state index in [1.807, 2.05) is 7.05 Å². The maximum absolute atomic E-state index is 5.40. The van der Waals surface area contributed by atoms with Crippen LogP contribution in [0.1, 0.15) is 26.7 Å². The van der Waals surface area contributed by atoms with E-state index in [2.05, 4.69) is 31.1 Å². The van der Waals surface area contributed by atoms with E-state index in [4.69, 9.17) is 4.74 Å². The molecule has 0 radical (unpaired) electrons. The molecule has 0 spiro atoms. The molecule has 2 unspecified atom stereocenters. The van der Waals surface area contributed by atoms with Crippen molar-refractivity contribution in [2.45, 2.75) is 38.8 Å². The van der Waals surface area contributed by atoms with Crippen molar-refractivity contribution in [1.29, 1.82) is 0 Å². The first-order valence-electron chi connectivity index (χ1n) is 6.11. The minimum absolute atomic E-state index is 0.639. The molecular formula is C12H26N2O. The maximum Gasteiger partial charge on any atom is 0.0480 e. The van der Waals surface area contributed by atoms with E-state index in [0.29, 0.717) is 18.0 Å². The van der Waals surface area contributed by atoms with Crippen molar-refractivity contribution in [3.05, 3.63) is 0 Å². The summed E-state index contributed by atoms with van der Waals surface area (Å²) >= 11 is 0. The first-order valence-corrected chi connectivity index (χ1v) is 6.11. The predicted molar refractivity (Wildman–Crippen MR) is 64.2 cm³/mol. The Morgan fingerprint density at radius 1 is 1.33 bits per heavy atom. The van der Waals surface area contributed by atoms with Gasteiger partial charge in [0.2, 0.25) is 0 Å². The minimum Gasteiger partial charge on any atom is -0.381 e. The molecule has 15 heavy (non-hydrogen) atoms. The average Bonchev–Trinajstić information content (AvgIpc) is 2.28. The normalized spacial score (nSPS) is 23.0. The minimum atomic E-state index is 0.639. The molecule has 3 nitrogen and oxygen atoms in total. The Bertz CT molecular complexity index is 169. The quantitative estimate of drug-likeness (QED) is 0.747. The van der Waals surface area contributed by atoms with Crippen molar-refractivity contribution in [2.75, 3.05) is 33.9 Å². The summed E-state index contributed by atoms with van der Waals surface area (Å²) in [6.07, 6.45) is 2.38. The van der Waals surface area contributed by atoms with Gasteiger partial charge in [-0.05, 0) is 46.3 Å². The summed E-state index contributed by atoms with van der Waals surface area (Å²) in [4.78, 5) is 2.53. The third-order valence-corrected chi connectivity index (χ3v) is 3.76. The monoisotopic (exact) mass is 214 g/mol. The molecule has 1 N–H and O–H groups in total. The molecule has 1 saturated heterocycles. The molecule has 0 aromatic carbocycles. The first kappa shape index (κ1) is 12.9. The lowest BCUT2D eigenvalue weighted by molar-refractivity contribution is 0.0227. The van der Waals surface area contributed by atoms with Crippen molar-refractivity contribution in [2.24, 2.45) is 5.92 Å². The van der Waals surface area contributed by atoms with Gasteiger partial charge >= 0.3 is 0 Å². The number of rotatable bonds is 5. The van der Waals surface area contributed by atoms with Crippen molar-refractivity contribution in [1.82, 2.24) is 10.2 Å². The van der Waals surface area contributed by atoms with Gasteiger partial charge in [-0.3, -0.25) is 0 Å². The van der Waals surface area contributed by atoms with Crippen LogP contribution < -0.4 is 5.32 Å². The number of ether oxygens (including phenoxy) is 1. The Hall–Kier alpha value is -0.120. The van der Waals surface area contributed by atoms with Gasteiger partial charge in [0.15, 0.2) is 0 Å². The fourth-order valence-electron chi connectivity index (χ4n) is 2.32. The SMILES string of the molecule is CNCC(C)C(C)N(C)C1CCOCC1. The second kappa shape index (κ2) is 6.46. The second-order valence-corrected chi connectivity index (χ2v) is 4.78. The highest BCUT2D eigenvalue weighted by atomic mass is 16.5. The summed E-state index contributed by atoms with van der Waals surface area (Å²) in [5, 5.41) is 3.25. The van der Waals surface area contributed by atoms with Gasteiger partial charge in [-0.15, -0.1) is 0 Å². The lowest BCUT2D eigenvalue weighted by Crippen LogP contribution is -2.46. The van der Waals surface area contributed by atoms with Crippen LogP contribution >= 0.6 is 0 Å². The smallest absolute Gasteiger partial charge is 0.0480 e. The van der Waals surface area contributed by atoms with Crippen LogP contribution in [0.2, 0.25) is 0 Å². The Balaban J connectivity index is 2.39. The number of hydrogen-bond donors (Lipinski definition) is 1. The zero-order valence-corrected chi connectivity index (χ0v) is 10.6. The molecule has 1 aliphatic heterocycles. The van der Waals surface area contributed by atoms with E-state index in [1.165, 1.54) is 12.8 Å². The summed E-state index contributed by atoms with van der Waals surface area (Å²) < 4.78 is 5.40. The van der Waals surface area contributed by atoms with E-state index < -0.39 is 0 Å². The van der Waals surface area contributed by atoms with Gasteiger partial charge in [0.1, 0.15) is 0 Å². The fourth-order valence-corrected chi connectivity index (χ4v) is 2.32. The van der Waals surface area contributed by atoms with E-state index in [-0.39, 0.29) is 0 Å². The Labute approximate surface area is 94.2 Å². The van der Waals surface area contributed by atoms with Crippen LogP contribution in [-0.4, -0.2) is 50.8 Å². The molecule has 0 amide bonds. The van der Waals surface area contributed by atoms with Crippen LogP contribution in [0.4, 0.5) is 0 Å². The molecule has 0 aliphatic carbocycles. The van der Waals surface area contributed by atoms with E-state index in [9.17, 15) is 0 Å². The first-order chi connectivity index (χ1) is 7.16. The molecule has 1 aliphatic rings. The van der Waals surface area contributed by atoms with Gasteiger partial charge in [-0.1, -0.05) is 6.92 Å². The molecule has 2 atom stereocenters. The van der Waals surface area contributed by atoms with Gasteiger partial charge in [0.25, 0.3) is 0 Å². The lowest BCUT2D eigenvalue weighted by atomic mass is 9.98. The molecule has 1 heterocycles. The highest BCUT2D eigenvalue weighted by molar-refractivity contribution is 4.79. The van der Waals surface area contributed by atoms with Gasteiger partial charge < -0.3 is 15.0 Å². The molecule has 0 saturated carbocycles. The van der Waals surface area contributed by atoms with Crippen molar-refractivity contribution < 1.29 is 4.74 Å². The van der Waals surface area contributed by atoms with Gasteiger partial charge in [0.05, 0.1) is 0 Å². The molecule has 3 heteroatoms.